The van der Waals surface area contributed by atoms with Crippen LogP contribution < -0.4 is 5.73 Å². The summed E-state index contributed by atoms with van der Waals surface area (Å²) in [5.41, 5.74) is 5.33. The Morgan fingerprint density at radius 2 is 1.29 bits per heavy atom. The fourth-order valence-corrected chi connectivity index (χ4v) is 5.79. The molecule has 52 heavy (non-hydrogen) atoms. The Bertz CT molecular complexity index is 1060. The molecule has 0 radical (unpaired) electrons. The number of nitrogens with two attached hydrogens (primary N) is 1. The molecule has 0 aromatic carbocycles. The lowest BCUT2D eigenvalue weighted by molar-refractivity contribution is -0.161. The summed E-state index contributed by atoms with van der Waals surface area (Å²) in [4.78, 5) is 34.8. The van der Waals surface area contributed by atoms with Crippen molar-refractivity contribution in [1.82, 2.24) is 0 Å². The third-order valence-corrected chi connectivity index (χ3v) is 8.98. The molecule has 3 atom stereocenters. The predicted molar refractivity (Wildman–Crippen MR) is 212 cm³/mol. The first-order valence-corrected chi connectivity index (χ1v) is 21.4. The average Bonchev–Trinajstić information content (AvgIpc) is 3.12. The van der Waals surface area contributed by atoms with E-state index < -0.39 is 38.6 Å². The van der Waals surface area contributed by atoms with E-state index in [0.29, 0.717) is 19.3 Å². The smallest absolute Gasteiger partial charge is 0.462 e. The molecule has 0 aromatic rings. The number of allylic oxidation sites excluding steroid dienone is 9. The van der Waals surface area contributed by atoms with E-state index >= 15 is 0 Å². The molecule has 0 fully saturated rings. The fraction of sp³-hybridized carbons (Fsp3) is 0.707. The van der Waals surface area contributed by atoms with Crippen LogP contribution in [0.15, 0.2) is 60.8 Å². The standard InChI is InChI=1S/C41H72NO9P/c1-3-5-7-9-11-12-13-14-15-16-17-18-20-24-29-33-41(45)51-39(37-50-52(46,47)49-35-34-42)36-48-40(44)32-28-25-21-23-27-31-38(43)30-26-22-19-10-8-6-4-2/h6,8,11-12,14-15,19,22,26,30,38-39,43H,3-5,7,9-10,13,16-18,20-21,23-25,27-29,31-37,42H2,1-2H3,(H,46,47)/b8-6+,12-11-,15-14-,22-19+,30-26+/t38?,39-/m1/s1. The van der Waals surface area contributed by atoms with Crippen molar-refractivity contribution in [2.45, 2.75) is 161 Å². The van der Waals surface area contributed by atoms with Crippen molar-refractivity contribution in [2.75, 3.05) is 26.4 Å². The normalized spacial score (nSPS) is 14.6. The molecule has 0 heterocycles. The maximum atomic E-state index is 12.5. The molecule has 300 valence electrons. The zero-order valence-electron chi connectivity index (χ0n) is 32.4. The molecular formula is C41H72NO9P. The summed E-state index contributed by atoms with van der Waals surface area (Å²) in [6.45, 7) is 3.42. The van der Waals surface area contributed by atoms with Crippen molar-refractivity contribution < 1.29 is 42.7 Å². The monoisotopic (exact) mass is 753 g/mol. The molecule has 10 nitrogen and oxygen atoms in total. The summed E-state index contributed by atoms with van der Waals surface area (Å²) in [6.07, 6.45) is 38.4. The van der Waals surface area contributed by atoms with Crippen molar-refractivity contribution in [1.29, 1.82) is 0 Å². The van der Waals surface area contributed by atoms with Gasteiger partial charge in [-0.25, -0.2) is 4.57 Å². The zero-order chi connectivity index (χ0) is 38.4. The van der Waals surface area contributed by atoms with Crippen molar-refractivity contribution in [3.8, 4) is 0 Å². The number of phosphoric acid groups is 1. The summed E-state index contributed by atoms with van der Waals surface area (Å²) < 4.78 is 32.6. The fourth-order valence-electron chi connectivity index (χ4n) is 5.02. The second-order valence-electron chi connectivity index (χ2n) is 13.0. The molecular weight excluding hydrogens is 681 g/mol. The summed E-state index contributed by atoms with van der Waals surface area (Å²) in [5, 5.41) is 10.1. The molecule has 2 unspecified atom stereocenters. The molecule has 0 bridgehead atoms. The molecule has 0 aliphatic rings. The molecule has 0 aliphatic carbocycles. The highest BCUT2D eigenvalue weighted by molar-refractivity contribution is 7.47. The molecule has 0 amide bonds. The Morgan fingerprint density at radius 1 is 0.692 bits per heavy atom. The van der Waals surface area contributed by atoms with Gasteiger partial charge in [0.1, 0.15) is 6.61 Å². The highest BCUT2D eigenvalue weighted by Crippen LogP contribution is 2.43. The topological polar surface area (TPSA) is 155 Å². The van der Waals surface area contributed by atoms with Crippen LogP contribution in [-0.2, 0) is 32.7 Å². The van der Waals surface area contributed by atoms with E-state index in [4.69, 9.17) is 24.3 Å². The van der Waals surface area contributed by atoms with E-state index in [1.54, 1.807) is 6.08 Å². The SMILES string of the molecule is CC/C=C/C/C=C/C=C/C(O)CCCCCCCC(=O)OC[C@H](COP(=O)(O)OCCN)OC(=O)CCCCCCC/C=C\C/C=C\CCCCC. The number of esters is 2. The van der Waals surface area contributed by atoms with Crippen LogP contribution >= 0.6 is 7.82 Å². The van der Waals surface area contributed by atoms with Crippen LogP contribution in [0, 0.1) is 0 Å². The number of unbranched alkanes of at least 4 members (excludes halogenated alkanes) is 12. The van der Waals surface area contributed by atoms with Crippen LogP contribution in [0.2, 0.25) is 0 Å². The number of aliphatic hydroxyl groups is 1. The van der Waals surface area contributed by atoms with E-state index in [1.807, 2.05) is 18.2 Å². The molecule has 0 rings (SSSR count). The van der Waals surface area contributed by atoms with E-state index in [9.17, 15) is 24.2 Å². The van der Waals surface area contributed by atoms with Gasteiger partial charge in [-0.05, 0) is 64.2 Å². The predicted octanol–water partition coefficient (Wildman–Crippen LogP) is 9.91. The molecule has 0 saturated heterocycles. The van der Waals surface area contributed by atoms with Crippen molar-refractivity contribution in [3.63, 3.8) is 0 Å². The number of phosphoric ester groups is 1. The minimum atomic E-state index is -4.40. The Balaban J connectivity index is 4.33. The van der Waals surface area contributed by atoms with Gasteiger partial charge in [0.15, 0.2) is 6.10 Å². The van der Waals surface area contributed by atoms with Crippen LogP contribution in [0.4, 0.5) is 0 Å². The maximum absolute atomic E-state index is 12.5. The van der Waals surface area contributed by atoms with E-state index in [1.165, 1.54) is 19.3 Å². The van der Waals surface area contributed by atoms with Gasteiger partial charge in [0.2, 0.25) is 0 Å². The first kappa shape index (κ1) is 49.7. The van der Waals surface area contributed by atoms with Crippen LogP contribution in [0.25, 0.3) is 0 Å². The summed E-state index contributed by atoms with van der Waals surface area (Å²) in [7, 11) is -4.40. The van der Waals surface area contributed by atoms with Gasteiger partial charge < -0.3 is 25.2 Å². The third kappa shape index (κ3) is 36.0. The first-order valence-electron chi connectivity index (χ1n) is 19.9. The van der Waals surface area contributed by atoms with Gasteiger partial charge in [0, 0.05) is 19.4 Å². The Labute approximate surface area is 315 Å². The van der Waals surface area contributed by atoms with Gasteiger partial charge in [-0.15, -0.1) is 0 Å². The van der Waals surface area contributed by atoms with Crippen LogP contribution in [0.5, 0.6) is 0 Å². The van der Waals surface area contributed by atoms with E-state index in [2.05, 4.69) is 50.3 Å². The first-order chi connectivity index (χ1) is 25.2. The quantitative estimate of drug-likeness (QED) is 0.0185. The summed E-state index contributed by atoms with van der Waals surface area (Å²) >= 11 is 0. The van der Waals surface area contributed by atoms with Crippen molar-refractivity contribution in [2.24, 2.45) is 5.73 Å². The third-order valence-electron chi connectivity index (χ3n) is 7.99. The van der Waals surface area contributed by atoms with Gasteiger partial charge in [-0.1, -0.05) is 132 Å². The van der Waals surface area contributed by atoms with Gasteiger partial charge >= 0.3 is 19.8 Å². The zero-order valence-corrected chi connectivity index (χ0v) is 33.3. The lowest BCUT2D eigenvalue weighted by atomic mass is 10.1. The number of carbonyl (C=O) groups is 2. The van der Waals surface area contributed by atoms with E-state index in [-0.39, 0.29) is 32.6 Å². The largest absolute Gasteiger partial charge is 0.472 e. The number of ether oxygens (including phenoxy) is 2. The lowest BCUT2D eigenvalue weighted by Crippen LogP contribution is -2.29. The number of hydrogen-bond donors (Lipinski definition) is 3. The highest BCUT2D eigenvalue weighted by atomic mass is 31.2. The van der Waals surface area contributed by atoms with Crippen molar-refractivity contribution in [3.05, 3.63) is 60.8 Å². The Kier molecular flexibility index (Phi) is 35.3. The number of carbonyl (C=O) groups excluding carboxylic acids is 2. The molecule has 0 saturated carbocycles. The van der Waals surface area contributed by atoms with Crippen LogP contribution in [0.3, 0.4) is 0 Å². The van der Waals surface area contributed by atoms with Gasteiger partial charge in [0.25, 0.3) is 0 Å². The molecule has 0 spiro atoms. The van der Waals surface area contributed by atoms with Crippen molar-refractivity contribution >= 4 is 19.8 Å². The minimum Gasteiger partial charge on any atom is -0.462 e. The number of aliphatic hydroxyl groups excluding tert-OH is 1. The number of hydrogen-bond acceptors (Lipinski definition) is 9. The van der Waals surface area contributed by atoms with Crippen LogP contribution in [-0.4, -0.2) is 60.5 Å². The molecule has 11 heteroatoms. The summed E-state index contributed by atoms with van der Waals surface area (Å²) in [5.74, 6) is -0.928. The van der Waals surface area contributed by atoms with Gasteiger partial charge in [0.05, 0.1) is 19.3 Å². The van der Waals surface area contributed by atoms with E-state index in [0.717, 1.165) is 83.5 Å². The average molecular weight is 754 g/mol. The second-order valence-corrected chi connectivity index (χ2v) is 14.4. The molecule has 0 aliphatic heterocycles. The highest BCUT2D eigenvalue weighted by Gasteiger charge is 2.26. The van der Waals surface area contributed by atoms with Crippen LogP contribution in [0.1, 0.15) is 149 Å². The van der Waals surface area contributed by atoms with Gasteiger partial charge in [-0.2, -0.15) is 0 Å². The lowest BCUT2D eigenvalue weighted by Gasteiger charge is -2.19. The molecule has 4 N–H and O–H groups in total. The Morgan fingerprint density at radius 3 is 1.96 bits per heavy atom. The second kappa shape index (κ2) is 37.0. The van der Waals surface area contributed by atoms with Gasteiger partial charge in [-0.3, -0.25) is 18.6 Å². The minimum absolute atomic E-state index is 0.0340. The molecule has 0 aromatic heterocycles. The Hall–Kier alpha value is -2.33. The maximum Gasteiger partial charge on any atom is 0.472 e. The summed E-state index contributed by atoms with van der Waals surface area (Å²) in [6, 6.07) is 0. The number of rotatable bonds is 36.